The molecule has 2 heterocycles. The predicted octanol–water partition coefficient (Wildman–Crippen LogP) is 8.69. The zero-order valence-electron chi connectivity index (χ0n) is 23.1. The molecule has 2 aliphatic heterocycles. The van der Waals surface area contributed by atoms with Gasteiger partial charge in [-0.15, -0.1) is 0 Å². The molecule has 6 aromatic rings. The van der Waals surface area contributed by atoms with Crippen molar-refractivity contribution in [1.82, 2.24) is 0 Å². The number of anilines is 2. The van der Waals surface area contributed by atoms with Crippen LogP contribution < -0.4 is 14.5 Å². The van der Waals surface area contributed by atoms with Gasteiger partial charge in [-0.1, -0.05) is 47.5 Å². The van der Waals surface area contributed by atoms with Gasteiger partial charge in [-0.25, -0.2) is 9.80 Å². The van der Waals surface area contributed by atoms with E-state index in [0.29, 0.717) is 76.7 Å². The fraction of sp³-hybridized carbons (Fsp3) is 0. The van der Waals surface area contributed by atoms with Gasteiger partial charge in [-0.2, -0.15) is 0 Å². The Labute approximate surface area is 265 Å². The number of halogens is 2. The number of carbonyl (C=O) groups is 4. The van der Waals surface area contributed by atoms with Gasteiger partial charge >= 0.3 is 0 Å². The molecule has 0 bridgehead atoms. The van der Waals surface area contributed by atoms with Gasteiger partial charge in [-0.05, 0) is 84.9 Å². The van der Waals surface area contributed by atoms with Crippen LogP contribution in [0, 0.1) is 0 Å². The number of carbonyl (C=O) groups excluding carboxylic acids is 4. The molecule has 0 N–H and O–H groups in total. The molecule has 2 aliphatic rings. The molecule has 0 aliphatic carbocycles. The molecular formula is C36H18Cl2N2O5. The highest BCUT2D eigenvalue weighted by Crippen LogP contribution is 2.38. The molecule has 0 spiro atoms. The van der Waals surface area contributed by atoms with Gasteiger partial charge in [0, 0.05) is 53.8 Å². The Morgan fingerprint density at radius 3 is 1.16 bits per heavy atom. The van der Waals surface area contributed by atoms with Crippen LogP contribution >= 0.6 is 23.2 Å². The fourth-order valence-electron chi connectivity index (χ4n) is 6.05. The van der Waals surface area contributed by atoms with Crippen LogP contribution in [0.2, 0.25) is 10.0 Å². The van der Waals surface area contributed by atoms with Gasteiger partial charge < -0.3 is 4.74 Å². The first-order valence-corrected chi connectivity index (χ1v) is 14.7. The van der Waals surface area contributed by atoms with E-state index >= 15 is 0 Å². The Hall–Kier alpha value is -5.50. The van der Waals surface area contributed by atoms with Crippen molar-refractivity contribution >= 4 is 79.8 Å². The van der Waals surface area contributed by atoms with E-state index < -0.39 is 23.6 Å². The number of rotatable bonds is 4. The van der Waals surface area contributed by atoms with Crippen molar-refractivity contribution in [1.29, 1.82) is 0 Å². The summed E-state index contributed by atoms with van der Waals surface area (Å²) in [7, 11) is 0. The van der Waals surface area contributed by atoms with Crippen LogP contribution in [0.4, 0.5) is 11.4 Å². The summed E-state index contributed by atoms with van der Waals surface area (Å²) in [6.07, 6.45) is 0. The average Bonchev–Trinajstić information content (AvgIpc) is 3.05. The number of amides is 4. The van der Waals surface area contributed by atoms with Crippen molar-refractivity contribution < 1.29 is 23.9 Å². The van der Waals surface area contributed by atoms with Gasteiger partial charge in [0.2, 0.25) is 0 Å². The second-order valence-electron chi connectivity index (χ2n) is 10.6. The maximum atomic E-state index is 13.4. The Balaban J connectivity index is 1.04. The van der Waals surface area contributed by atoms with E-state index in [1.54, 1.807) is 109 Å². The van der Waals surface area contributed by atoms with Gasteiger partial charge in [0.15, 0.2) is 0 Å². The first-order valence-electron chi connectivity index (χ1n) is 13.9. The van der Waals surface area contributed by atoms with E-state index in [-0.39, 0.29) is 0 Å². The molecule has 45 heavy (non-hydrogen) atoms. The molecule has 0 atom stereocenters. The minimum atomic E-state index is -0.437. The van der Waals surface area contributed by atoms with Gasteiger partial charge in [0.05, 0.1) is 11.4 Å². The summed E-state index contributed by atoms with van der Waals surface area (Å²) in [4.78, 5) is 56.0. The minimum Gasteiger partial charge on any atom is -0.457 e. The van der Waals surface area contributed by atoms with Crippen LogP contribution in [0.3, 0.4) is 0 Å². The maximum Gasteiger partial charge on any atom is 0.265 e. The number of hydrogen-bond acceptors (Lipinski definition) is 5. The number of hydrogen-bond donors (Lipinski definition) is 0. The van der Waals surface area contributed by atoms with Gasteiger partial charge in [-0.3, -0.25) is 19.2 Å². The lowest BCUT2D eigenvalue weighted by molar-refractivity contribution is 0.0877. The molecule has 0 fully saturated rings. The Kier molecular flexibility index (Phi) is 6.03. The van der Waals surface area contributed by atoms with Crippen molar-refractivity contribution in [2.45, 2.75) is 0 Å². The van der Waals surface area contributed by atoms with Crippen molar-refractivity contribution in [3.63, 3.8) is 0 Å². The van der Waals surface area contributed by atoms with Crippen LogP contribution in [0.25, 0.3) is 21.5 Å². The molecule has 9 heteroatoms. The molecule has 4 amide bonds. The maximum absolute atomic E-state index is 13.4. The van der Waals surface area contributed by atoms with E-state index in [0.717, 1.165) is 9.80 Å². The molecule has 8 rings (SSSR count). The standard InChI is InChI=1S/C36H18Cl2N2O5/c37-29-17-15-27-31-23(29)3-1-5-25(31)33(41)39(35(27)43)19-7-11-21(12-8-19)45-22-13-9-20(10-14-22)40-34(42)26-6-2-4-24-30(38)18-16-28(32(24)26)36(40)44/h1-18H. The molecule has 0 saturated heterocycles. The smallest absolute Gasteiger partial charge is 0.265 e. The fourth-order valence-corrected chi connectivity index (χ4v) is 6.49. The normalized spacial score (nSPS) is 14.1. The molecule has 6 aromatic carbocycles. The number of nitrogens with zero attached hydrogens (tertiary/aromatic N) is 2. The topological polar surface area (TPSA) is 84.0 Å². The lowest BCUT2D eigenvalue weighted by atomic mass is 9.93. The van der Waals surface area contributed by atoms with Crippen molar-refractivity contribution in [2.24, 2.45) is 0 Å². The average molecular weight is 629 g/mol. The van der Waals surface area contributed by atoms with Gasteiger partial charge in [0.1, 0.15) is 11.5 Å². The molecular weight excluding hydrogens is 611 g/mol. The first kappa shape index (κ1) is 27.1. The highest BCUT2D eigenvalue weighted by molar-refractivity contribution is 6.42. The zero-order chi connectivity index (χ0) is 31.0. The number of benzene rings is 6. The molecule has 216 valence electrons. The largest absolute Gasteiger partial charge is 0.457 e. The third-order valence-electron chi connectivity index (χ3n) is 8.13. The van der Waals surface area contributed by atoms with Crippen LogP contribution in [0.1, 0.15) is 41.4 Å². The second kappa shape index (κ2) is 10.0. The van der Waals surface area contributed by atoms with Crippen LogP contribution in [0.15, 0.2) is 109 Å². The van der Waals surface area contributed by atoms with Crippen molar-refractivity contribution in [3.05, 3.63) is 141 Å². The summed E-state index contributed by atoms with van der Waals surface area (Å²) in [5.74, 6) is -0.829. The Bertz CT molecular complexity index is 2090. The zero-order valence-corrected chi connectivity index (χ0v) is 24.6. The van der Waals surface area contributed by atoms with E-state index in [4.69, 9.17) is 27.9 Å². The van der Waals surface area contributed by atoms with Gasteiger partial charge in [0.25, 0.3) is 23.6 Å². The summed E-state index contributed by atoms with van der Waals surface area (Å²) in [5.41, 5.74) is 2.40. The molecule has 7 nitrogen and oxygen atoms in total. The number of ether oxygens (including phenoxy) is 1. The first-order chi connectivity index (χ1) is 21.8. The highest BCUT2D eigenvalue weighted by Gasteiger charge is 2.35. The van der Waals surface area contributed by atoms with Crippen LogP contribution in [0.5, 0.6) is 11.5 Å². The summed E-state index contributed by atoms with van der Waals surface area (Å²) in [5, 5.41) is 3.37. The quantitative estimate of drug-likeness (QED) is 0.182. The van der Waals surface area contributed by atoms with E-state index in [1.165, 1.54) is 0 Å². The summed E-state index contributed by atoms with van der Waals surface area (Å²) < 4.78 is 6.00. The number of imide groups is 2. The van der Waals surface area contributed by atoms with E-state index in [2.05, 4.69) is 0 Å². The summed E-state index contributed by atoms with van der Waals surface area (Å²) in [6.45, 7) is 0. The van der Waals surface area contributed by atoms with Crippen LogP contribution in [-0.2, 0) is 0 Å². The minimum absolute atomic E-state index is 0.393. The summed E-state index contributed by atoms with van der Waals surface area (Å²) in [6, 6.07) is 30.2. The monoisotopic (exact) mass is 628 g/mol. The molecule has 0 saturated carbocycles. The Morgan fingerprint density at radius 1 is 0.422 bits per heavy atom. The van der Waals surface area contributed by atoms with Crippen molar-refractivity contribution in [3.8, 4) is 11.5 Å². The highest BCUT2D eigenvalue weighted by atomic mass is 35.5. The van der Waals surface area contributed by atoms with Crippen molar-refractivity contribution in [2.75, 3.05) is 9.80 Å². The lowest BCUT2D eigenvalue weighted by Crippen LogP contribution is -2.40. The SMILES string of the molecule is O=C1c2cccc3c(Cl)ccc(c23)C(=O)N1c1ccc(Oc2ccc(N3C(=O)c4cccc5c(Cl)ccc(c45)C3=O)cc2)cc1. The summed E-state index contributed by atoms with van der Waals surface area (Å²) >= 11 is 12.7. The van der Waals surface area contributed by atoms with Crippen LogP contribution in [-0.4, -0.2) is 23.6 Å². The molecule has 0 unspecified atom stereocenters. The lowest BCUT2D eigenvalue weighted by Gasteiger charge is -2.27. The predicted molar refractivity (Wildman–Crippen MR) is 173 cm³/mol. The molecule has 0 radical (unpaired) electrons. The van der Waals surface area contributed by atoms with E-state index in [1.807, 2.05) is 0 Å². The molecule has 0 aromatic heterocycles. The third kappa shape index (κ3) is 4.05. The third-order valence-corrected chi connectivity index (χ3v) is 8.79. The Morgan fingerprint density at radius 2 is 0.778 bits per heavy atom. The second-order valence-corrected chi connectivity index (χ2v) is 11.4. The van der Waals surface area contributed by atoms with E-state index in [9.17, 15) is 19.2 Å².